The molecule has 2 aromatic carbocycles. The van der Waals surface area contributed by atoms with Gasteiger partial charge in [-0.2, -0.15) is 4.31 Å². The molecule has 1 N–H and O–H groups in total. The predicted octanol–water partition coefficient (Wildman–Crippen LogP) is 3.37. The minimum Gasteiger partial charge on any atom is -0.454 e. The SMILES string of the molecule is O=C(Nc1ccc2c(c1)OCO2)c1nnc(C2CCCN(S(=O)(=O)c3ccc(F)c(F)c3)C2)s1. The first-order chi connectivity index (χ1) is 16.3. The van der Waals surface area contributed by atoms with Crippen molar-refractivity contribution in [1.29, 1.82) is 0 Å². The monoisotopic (exact) mass is 508 g/mol. The van der Waals surface area contributed by atoms with E-state index < -0.39 is 27.6 Å². The number of nitrogens with zero attached hydrogens (tertiary/aromatic N) is 3. The van der Waals surface area contributed by atoms with E-state index in [0.717, 1.165) is 23.5 Å². The molecule has 1 aromatic heterocycles. The Morgan fingerprint density at radius 2 is 1.91 bits per heavy atom. The second kappa shape index (κ2) is 8.89. The lowest BCUT2D eigenvalue weighted by Gasteiger charge is -2.30. The molecule has 3 aromatic rings. The van der Waals surface area contributed by atoms with E-state index in [0.29, 0.717) is 41.1 Å². The molecule has 2 aliphatic heterocycles. The number of hydrogen-bond acceptors (Lipinski definition) is 8. The van der Waals surface area contributed by atoms with Crippen LogP contribution >= 0.6 is 11.3 Å². The maximum Gasteiger partial charge on any atom is 0.286 e. The van der Waals surface area contributed by atoms with Crippen molar-refractivity contribution >= 4 is 33.0 Å². The Morgan fingerprint density at radius 3 is 2.74 bits per heavy atom. The zero-order valence-corrected chi connectivity index (χ0v) is 19.2. The Hall–Kier alpha value is -3.16. The Balaban J connectivity index is 1.29. The maximum atomic E-state index is 13.6. The van der Waals surface area contributed by atoms with Gasteiger partial charge in [0, 0.05) is 30.8 Å². The van der Waals surface area contributed by atoms with E-state index >= 15 is 0 Å². The van der Waals surface area contributed by atoms with Crippen LogP contribution in [-0.4, -0.2) is 48.7 Å². The average molecular weight is 509 g/mol. The lowest BCUT2D eigenvalue weighted by atomic mass is 10.0. The summed E-state index contributed by atoms with van der Waals surface area (Å²) in [6, 6.07) is 7.52. The normalized spacial score (nSPS) is 18.1. The molecule has 0 spiro atoms. The number of carbonyl (C=O) groups is 1. The third-order valence-corrected chi connectivity index (χ3v) is 8.47. The highest BCUT2D eigenvalue weighted by Crippen LogP contribution is 2.35. The maximum absolute atomic E-state index is 13.6. The third-order valence-electron chi connectivity index (χ3n) is 5.53. The van der Waals surface area contributed by atoms with Crippen LogP contribution in [0.4, 0.5) is 14.5 Å². The van der Waals surface area contributed by atoms with Crippen molar-refractivity contribution < 1.29 is 31.5 Å². The van der Waals surface area contributed by atoms with Crippen LogP contribution in [0.5, 0.6) is 11.5 Å². The molecule has 0 radical (unpaired) electrons. The highest BCUT2D eigenvalue weighted by molar-refractivity contribution is 7.89. The van der Waals surface area contributed by atoms with Gasteiger partial charge in [0.2, 0.25) is 21.8 Å². The molecule has 5 rings (SSSR count). The van der Waals surface area contributed by atoms with Crippen molar-refractivity contribution in [3.63, 3.8) is 0 Å². The summed E-state index contributed by atoms with van der Waals surface area (Å²) in [7, 11) is -4.02. The molecule has 9 nitrogen and oxygen atoms in total. The number of fused-ring (bicyclic) bond motifs is 1. The number of halogens is 2. The summed E-state index contributed by atoms with van der Waals surface area (Å²) in [5.41, 5.74) is 0.507. The van der Waals surface area contributed by atoms with E-state index in [1.807, 2.05) is 0 Å². The van der Waals surface area contributed by atoms with Crippen molar-refractivity contribution in [3.8, 4) is 11.5 Å². The zero-order valence-electron chi connectivity index (χ0n) is 17.5. The van der Waals surface area contributed by atoms with Crippen molar-refractivity contribution in [3.05, 3.63) is 58.0 Å². The van der Waals surface area contributed by atoms with Crippen molar-refractivity contribution in [2.45, 2.75) is 23.7 Å². The van der Waals surface area contributed by atoms with Gasteiger partial charge in [0.15, 0.2) is 23.1 Å². The molecule has 0 aliphatic carbocycles. The Morgan fingerprint density at radius 1 is 1.09 bits per heavy atom. The molecule has 2 aliphatic rings. The number of amides is 1. The molecule has 13 heteroatoms. The highest BCUT2D eigenvalue weighted by atomic mass is 32.2. The van der Waals surface area contributed by atoms with E-state index in [1.165, 1.54) is 4.31 Å². The fraction of sp³-hybridized carbons (Fsp3) is 0.286. The summed E-state index contributed by atoms with van der Waals surface area (Å²) >= 11 is 1.08. The fourth-order valence-electron chi connectivity index (χ4n) is 3.80. The van der Waals surface area contributed by atoms with Crippen LogP contribution in [0.2, 0.25) is 0 Å². The number of aromatic nitrogens is 2. The number of nitrogens with one attached hydrogen (secondary N) is 1. The van der Waals surface area contributed by atoms with E-state index in [2.05, 4.69) is 15.5 Å². The number of piperidine rings is 1. The Kier molecular flexibility index (Phi) is 5.91. The summed E-state index contributed by atoms with van der Waals surface area (Å²) in [4.78, 5) is 12.3. The van der Waals surface area contributed by atoms with Gasteiger partial charge in [-0.25, -0.2) is 17.2 Å². The lowest BCUT2D eigenvalue weighted by Crippen LogP contribution is -2.39. The van der Waals surface area contributed by atoms with Gasteiger partial charge in [0.25, 0.3) is 5.91 Å². The van der Waals surface area contributed by atoms with Crippen LogP contribution in [0.25, 0.3) is 0 Å². The molecule has 0 saturated carbocycles. The van der Waals surface area contributed by atoms with Gasteiger partial charge in [-0.3, -0.25) is 4.79 Å². The third kappa shape index (κ3) is 4.33. The first kappa shape index (κ1) is 22.6. The number of ether oxygens (including phenoxy) is 2. The Bertz CT molecular complexity index is 1360. The predicted molar refractivity (Wildman–Crippen MR) is 118 cm³/mol. The van der Waals surface area contributed by atoms with E-state index in [-0.39, 0.29) is 35.7 Å². The number of anilines is 1. The van der Waals surface area contributed by atoms with Crippen molar-refractivity contribution in [2.24, 2.45) is 0 Å². The van der Waals surface area contributed by atoms with Crippen LogP contribution in [-0.2, 0) is 10.0 Å². The van der Waals surface area contributed by atoms with Crippen LogP contribution in [0.1, 0.15) is 33.6 Å². The van der Waals surface area contributed by atoms with Gasteiger partial charge in [0.05, 0.1) is 4.90 Å². The average Bonchev–Trinajstić information content (AvgIpc) is 3.50. The number of benzene rings is 2. The number of hydrogen-bond donors (Lipinski definition) is 1. The van der Waals surface area contributed by atoms with E-state index in [4.69, 9.17) is 9.47 Å². The van der Waals surface area contributed by atoms with E-state index in [1.54, 1.807) is 18.2 Å². The molecule has 1 unspecified atom stereocenters. The summed E-state index contributed by atoms with van der Waals surface area (Å²) < 4.78 is 64.5. The smallest absolute Gasteiger partial charge is 0.286 e. The zero-order chi connectivity index (χ0) is 23.9. The Labute approximate surface area is 197 Å². The summed E-state index contributed by atoms with van der Waals surface area (Å²) in [5, 5.41) is 11.5. The molecule has 1 atom stereocenters. The van der Waals surface area contributed by atoms with Gasteiger partial charge in [-0.05, 0) is 43.2 Å². The molecule has 0 bridgehead atoms. The number of sulfonamides is 1. The fourth-order valence-corrected chi connectivity index (χ4v) is 6.20. The molecule has 1 saturated heterocycles. The lowest BCUT2D eigenvalue weighted by molar-refractivity contribution is 0.102. The van der Waals surface area contributed by atoms with Gasteiger partial charge < -0.3 is 14.8 Å². The van der Waals surface area contributed by atoms with Gasteiger partial charge in [-0.15, -0.1) is 10.2 Å². The van der Waals surface area contributed by atoms with Crippen LogP contribution < -0.4 is 14.8 Å². The minimum atomic E-state index is -4.02. The molecule has 178 valence electrons. The first-order valence-corrected chi connectivity index (χ1v) is 12.6. The molecule has 1 amide bonds. The second-order valence-electron chi connectivity index (χ2n) is 7.75. The molecular formula is C21H18F2N4O5S2. The quantitative estimate of drug-likeness (QED) is 0.563. The summed E-state index contributed by atoms with van der Waals surface area (Å²) in [5.74, 6) is -1.95. The van der Waals surface area contributed by atoms with Crippen LogP contribution in [0, 0.1) is 11.6 Å². The molecule has 3 heterocycles. The highest BCUT2D eigenvalue weighted by Gasteiger charge is 2.33. The van der Waals surface area contributed by atoms with Gasteiger partial charge in [-0.1, -0.05) is 11.3 Å². The van der Waals surface area contributed by atoms with Crippen molar-refractivity contribution in [2.75, 3.05) is 25.2 Å². The molecule has 34 heavy (non-hydrogen) atoms. The summed E-state index contributed by atoms with van der Waals surface area (Å²) in [6.07, 6.45) is 1.20. The number of carbonyl (C=O) groups excluding carboxylic acids is 1. The minimum absolute atomic E-state index is 0.0970. The standard InChI is InChI=1S/C21H18F2N4O5S2/c22-15-5-4-14(9-16(15)23)34(29,30)27-7-1-2-12(10-27)20-25-26-21(33-20)19(28)24-13-3-6-17-18(8-13)32-11-31-17/h3-6,8-9,12H,1-2,7,10-11H2,(H,24,28). The largest absolute Gasteiger partial charge is 0.454 e. The summed E-state index contributed by atoms with van der Waals surface area (Å²) in [6.45, 7) is 0.463. The number of rotatable bonds is 5. The van der Waals surface area contributed by atoms with Crippen LogP contribution in [0.15, 0.2) is 41.3 Å². The van der Waals surface area contributed by atoms with E-state index in [9.17, 15) is 22.0 Å². The topological polar surface area (TPSA) is 111 Å². The van der Waals surface area contributed by atoms with Gasteiger partial charge >= 0.3 is 0 Å². The van der Waals surface area contributed by atoms with Crippen molar-refractivity contribution in [1.82, 2.24) is 14.5 Å². The molecule has 1 fully saturated rings. The second-order valence-corrected chi connectivity index (χ2v) is 10.7. The van der Waals surface area contributed by atoms with Crippen LogP contribution in [0.3, 0.4) is 0 Å². The molecular weight excluding hydrogens is 490 g/mol. The van der Waals surface area contributed by atoms with Gasteiger partial charge in [0.1, 0.15) is 5.01 Å². The first-order valence-electron chi connectivity index (χ1n) is 10.3.